The van der Waals surface area contributed by atoms with E-state index in [0.29, 0.717) is 34.9 Å². The highest BCUT2D eigenvalue weighted by atomic mass is 19.1. The van der Waals surface area contributed by atoms with Gasteiger partial charge in [0.15, 0.2) is 0 Å². The monoisotopic (exact) mass is 444 g/mol. The van der Waals surface area contributed by atoms with Crippen LogP contribution in [-0.2, 0) is 6.42 Å². The summed E-state index contributed by atoms with van der Waals surface area (Å²) < 4.78 is 29.3. The molecule has 4 unspecified atom stereocenters. The Morgan fingerprint density at radius 2 is 1.61 bits per heavy atom. The number of benzene rings is 2. The van der Waals surface area contributed by atoms with Crippen molar-refractivity contribution in [2.45, 2.75) is 64.2 Å². The topological polar surface area (TPSA) is 0 Å². The van der Waals surface area contributed by atoms with Gasteiger partial charge in [-0.1, -0.05) is 42.2 Å². The van der Waals surface area contributed by atoms with Gasteiger partial charge < -0.3 is 0 Å². The second-order valence-corrected chi connectivity index (χ2v) is 9.74. The van der Waals surface area contributed by atoms with Gasteiger partial charge in [-0.25, -0.2) is 8.78 Å². The van der Waals surface area contributed by atoms with E-state index in [2.05, 4.69) is 24.5 Å². The number of hydrogen-bond donors (Lipinski definition) is 0. The largest absolute Gasteiger partial charge is 0.207 e. The van der Waals surface area contributed by atoms with Gasteiger partial charge >= 0.3 is 0 Å². The van der Waals surface area contributed by atoms with E-state index in [-0.39, 0.29) is 11.6 Å². The van der Waals surface area contributed by atoms with E-state index in [1.165, 1.54) is 31.7 Å². The molecule has 4 rings (SSSR count). The molecule has 33 heavy (non-hydrogen) atoms. The lowest BCUT2D eigenvalue weighted by Crippen LogP contribution is -2.30. The van der Waals surface area contributed by atoms with Crippen LogP contribution in [0.25, 0.3) is 0 Å². The SMILES string of the molecule is C=CC1CCC2CC(c3ccc(C#Cc4ccc(CC/C=C/C)c(F)c4)cc3F)CCC2C1. The molecule has 172 valence electrons. The molecule has 0 spiro atoms. The molecule has 2 saturated carbocycles. The first kappa shape index (κ1) is 23.5. The van der Waals surface area contributed by atoms with Crippen LogP contribution in [0.3, 0.4) is 0 Å². The molecular weight excluding hydrogens is 410 g/mol. The van der Waals surface area contributed by atoms with Crippen LogP contribution in [0, 0.1) is 41.2 Å². The minimum atomic E-state index is -0.231. The van der Waals surface area contributed by atoms with Gasteiger partial charge in [0.2, 0.25) is 0 Å². The van der Waals surface area contributed by atoms with E-state index in [1.54, 1.807) is 12.1 Å². The van der Waals surface area contributed by atoms with Crippen molar-refractivity contribution in [3.63, 3.8) is 0 Å². The lowest BCUT2D eigenvalue weighted by molar-refractivity contribution is 0.132. The van der Waals surface area contributed by atoms with Crippen LogP contribution >= 0.6 is 0 Å². The fraction of sp³-hybridized carbons (Fsp3) is 0.419. The first-order chi connectivity index (χ1) is 16.1. The maximum atomic E-state index is 15.0. The predicted octanol–water partition coefficient (Wildman–Crippen LogP) is 8.36. The highest BCUT2D eigenvalue weighted by Gasteiger charge is 2.35. The molecule has 0 N–H and O–H groups in total. The Kier molecular flexibility index (Phi) is 7.81. The summed E-state index contributed by atoms with van der Waals surface area (Å²) in [4.78, 5) is 0. The van der Waals surface area contributed by atoms with Crippen molar-refractivity contribution >= 4 is 0 Å². The molecule has 2 aliphatic carbocycles. The molecule has 4 atom stereocenters. The van der Waals surface area contributed by atoms with Crippen LogP contribution in [0.1, 0.15) is 80.0 Å². The Hall–Kier alpha value is -2.66. The Morgan fingerprint density at radius 1 is 0.909 bits per heavy atom. The van der Waals surface area contributed by atoms with Crippen LogP contribution < -0.4 is 0 Å². The number of aryl methyl sites for hydroxylation is 1. The summed E-state index contributed by atoms with van der Waals surface area (Å²) in [5.74, 6) is 8.08. The van der Waals surface area contributed by atoms with Gasteiger partial charge in [0.25, 0.3) is 0 Å². The fourth-order valence-electron chi connectivity index (χ4n) is 5.74. The second kappa shape index (κ2) is 11.0. The smallest absolute Gasteiger partial charge is 0.127 e. The molecule has 0 bridgehead atoms. The lowest BCUT2D eigenvalue weighted by atomic mass is 9.64. The third-order valence-corrected chi connectivity index (χ3v) is 7.65. The normalized spacial score (nSPS) is 24.7. The van der Waals surface area contributed by atoms with Crippen molar-refractivity contribution in [2.24, 2.45) is 17.8 Å². The second-order valence-electron chi connectivity index (χ2n) is 9.74. The first-order valence-corrected chi connectivity index (χ1v) is 12.4. The summed E-state index contributed by atoms with van der Waals surface area (Å²) in [6, 6.07) is 10.5. The third kappa shape index (κ3) is 5.83. The Labute approximate surface area is 197 Å². The Balaban J connectivity index is 1.41. The van der Waals surface area contributed by atoms with Gasteiger partial charge in [-0.15, -0.1) is 6.58 Å². The summed E-state index contributed by atoms with van der Waals surface area (Å²) >= 11 is 0. The fourth-order valence-corrected chi connectivity index (χ4v) is 5.74. The molecule has 0 aromatic heterocycles. The van der Waals surface area contributed by atoms with E-state index in [9.17, 15) is 4.39 Å². The molecule has 0 radical (unpaired) electrons. The molecular formula is C31H34F2. The maximum absolute atomic E-state index is 15.0. The minimum absolute atomic E-state index is 0.157. The third-order valence-electron chi connectivity index (χ3n) is 7.65. The predicted molar refractivity (Wildman–Crippen MR) is 133 cm³/mol. The standard InChI is InChI=1S/C31H34F2/c1-3-5-6-7-25-13-11-23(19-30(25)32)8-9-24-12-17-29(31(33)20-24)28-16-15-26-18-22(4-2)10-14-27(26)21-28/h3-5,11-13,17,19-20,22,26-28H,2,6-7,10,14-16,18,21H2,1H3/b5-3+. The van der Waals surface area contributed by atoms with Crippen molar-refractivity contribution in [1.29, 1.82) is 0 Å². The zero-order valence-electron chi connectivity index (χ0n) is 19.6. The lowest BCUT2D eigenvalue weighted by Gasteiger charge is -2.41. The van der Waals surface area contributed by atoms with Crippen molar-refractivity contribution in [3.05, 3.63) is 95.1 Å². The van der Waals surface area contributed by atoms with Crippen LogP contribution in [0.2, 0.25) is 0 Å². The van der Waals surface area contributed by atoms with Crippen molar-refractivity contribution in [1.82, 2.24) is 0 Å². The van der Waals surface area contributed by atoms with Crippen LogP contribution in [0.5, 0.6) is 0 Å². The maximum Gasteiger partial charge on any atom is 0.127 e. The average Bonchev–Trinajstić information content (AvgIpc) is 2.83. The summed E-state index contributed by atoms with van der Waals surface area (Å²) in [5, 5.41) is 0. The molecule has 0 nitrogen and oxygen atoms in total. The number of hydrogen-bond acceptors (Lipinski definition) is 0. The van der Waals surface area contributed by atoms with Gasteiger partial charge in [0.1, 0.15) is 11.6 Å². The zero-order chi connectivity index (χ0) is 23.2. The van der Waals surface area contributed by atoms with Crippen molar-refractivity contribution in [3.8, 4) is 11.8 Å². The van der Waals surface area contributed by atoms with Crippen molar-refractivity contribution in [2.75, 3.05) is 0 Å². The van der Waals surface area contributed by atoms with Crippen LogP contribution in [0.4, 0.5) is 8.78 Å². The number of fused-ring (bicyclic) bond motifs is 1. The van der Waals surface area contributed by atoms with Gasteiger partial charge in [0.05, 0.1) is 0 Å². The molecule has 0 aliphatic heterocycles. The summed E-state index contributed by atoms with van der Waals surface area (Å²) in [7, 11) is 0. The van der Waals surface area contributed by atoms with Gasteiger partial charge in [-0.3, -0.25) is 0 Å². The van der Waals surface area contributed by atoms with Crippen molar-refractivity contribution < 1.29 is 8.78 Å². The quantitative estimate of drug-likeness (QED) is 0.321. The first-order valence-electron chi connectivity index (χ1n) is 12.4. The van der Waals surface area contributed by atoms with Crippen LogP contribution in [0.15, 0.2) is 61.2 Å². The average molecular weight is 445 g/mol. The molecule has 2 fully saturated rings. The highest BCUT2D eigenvalue weighted by molar-refractivity contribution is 5.45. The summed E-state index contributed by atoms with van der Waals surface area (Å²) in [5.41, 5.74) is 2.78. The Morgan fingerprint density at radius 3 is 2.30 bits per heavy atom. The number of allylic oxidation sites excluding steroid dienone is 3. The number of rotatable bonds is 5. The van der Waals surface area contributed by atoms with Gasteiger partial charge in [-0.2, -0.15) is 0 Å². The molecule has 2 aromatic carbocycles. The van der Waals surface area contributed by atoms with E-state index >= 15 is 4.39 Å². The molecule has 0 amide bonds. The highest BCUT2D eigenvalue weighted by Crippen LogP contribution is 2.48. The molecule has 2 aliphatic rings. The van der Waals surface area contributed by atoms with E-state index in [4.69, 9.17) is 0 Å². The molecule has 0 saturated heterocycles. The zero-order valence-corrected chi connectivity index (χ0v) is 19.6. The van der Waals surface area contributed by atoms with Crippen LogP contribution in [-0.4, -0.2) is 0 Å². The van der Waals surface area contributed by atoms with E-state index in [1.807, 2.05) is 37.3 Å². The molecule has 2 aromatic rings. The number of halogens is 2. The van der Waals surface area contributed by atoms with E-state index in [0.717, 1.165) is 36.7 Å². The van der Waals surface area contributed by atoms with E-state index < -0.39 is 0 Å². The van der Waals surface area contributed by atoms with Gasteiger partial charge in [0, 0.05) is 11.1 Å². The summed E-state index contributed by atoms with van der Waals surface area (Å²) in [6.07, 6.45) is 14.7. The minimum Gasteiger partial charge on any atom is -0.207 e. The molecule has 0 heterocycles. The summed E-state index contributed by atoms with van der Waals surface area (Å²) in [6.45, 7) is 5.94. The van der Waals surface area contributed by atoms with Gasteiger partial charge in [-0.05, 0) is 117 Å². The Bertz CT molecular complexity index is 1070. The molecule has 2 heteroatoms.